The largest absolute Gasteiger partial charge is 0.496 e. The second kappa shape index (κ2) is 5.69. The lowest BCUT2D eigenvalue weighted by molar-refractivity contribution is -0.121. The maximum atomic E-state index is 11.5. The Labute approximate surface area is 97.6 Å². The van der Waals surface area contributed by atoms with Gasteiger partial charge >= 0.3 is 0 Å². The summed E-state index contributed by atoms with van der Waals surface area (Å²) in [6.45, 7) is 5.91. The van der Waals surface area contributed by atoms with Crippen molar-refractivity contribution in [2.75, 3.05) is 7.11 Å². The summed E-state index contributed by atoms with van der Waals surface area (Å²) in [5, 5.41) is 0. The Morgan fingerprint density at radius 2 is 2.06 bits per heavy atom. The standard InChI is InChI=1S/C14H20O2/c1-10(2)13(15)8-7-12-6-5-11(3)9-14(12)16-4/h5-6,9-10H,7-8H2,1-4H3. The Hall–Kier alpha value is -1.31. The van der Waals surface area contributed by atoms with Crippen LogP contribution in [-0.4, -0.2) is 12.9 Å². The Bertz CT molecular complexity index is 367. The van der Waals surface area contributed by atoms with Gasteiger partial charge in [-0.2, -0.15) is 0 Å². The monoisotopic (exact) mass is 220 g/mol. The molecule has 2 nitrogen and oxygen atoms in total. The average molecular weight is 220 g/mol. The number of ether oxygens (including phenoxy) is 1. The Morgan fingerprint density at radius 3 is 2.62 bits per heavy atom. The molecule has 0 saturated carbocycles. The highest BCUT2D eigenvalue weighted by Gasteiger charge is 2.09. The molecular weight excluding hydrogens is 200 g/mol. The topological polar surface area (TPSA) is 26.3 Å². The van der Waals surface area contributed by atoms with Crippen molar-refractivity contribution in [3.8, 4) is 5.75 Å². The normalized spacial score (nSPS) is 10.6. The van der Waals surface area contributed by atoms with Crippen LogP contribution >= 0.6 is 0 Å². The lowest BCUT2D eigenvalue weighted by atomic mass is 10.00. The molecule has 0 radical (unpaired) electrons. The molecule has 0 aliphatic rings. The van der Waals surface area contributed by atoms with E-state index in [1.54, 1.807) is 7.11 Å². The predicted molar refractivity (Wildman–Crippen MR) is 65.9 cm³/mol. The molecule has 0 fully saturated rings. The summed E-state index contributed by atoms with van der Waals surface area (Å²) in [6.07, 6.45) is 1.36. The highest BCUT2D eigenvalue weighted by atomic mass is 16.5. The number of benzene rings is 1. The van der Waals surface area contributed by atoms with Gasteiger partial charge in [0, 0.05) is 12.3 Å². The van der Waals surface area contributed by atoms with E-state index in [1.165, 1.54) is 5.56 Å². The first-order chi connectivity index (χ1) is 7.54. The van der Waals surface area contributed by atoms with Crippen LogP contribution in [-0.2, 0) is 11.2 Å². The molecule has 16 heavy (non-hydrogen) atoms. The van der Waals surface area contributed by atoms with Gasteiger partial charge in [0.1, 0.15) is 11.5 Å². The molecule has 0 N–H and O–H groups in total. The van der Waals surface area contributed by atoms with Crippen molar-refractivity contribution < 1.29 is 9.53 Å². The molecule has 2 heteroatoms. The second-order valence-electron chi connectivity index (χ2n) is 4.44. The fraction of sp³-hybridized carbons (Fsp3) is 0.500. The number of hydrogen-bond donors (Lipinski definition) is 0. The van der Waals surface area contributed by atoms with E-state index < -0.39 is 0 Å². The Kier molecular flexibility index (Phi) is 4.53. The van der Waals surface area contributed by atoms with Crippen LogP contribution < -0.4 is 4.74 Å². The van der Waals surface area contributed by atoms with Crippen molar-refractivity contribution in [1.29, 1.82) is 0 Å². The fourth-order valence-electron chi connectivity index (χ4n) is 1.60. The number of aryl methyl sites for hydroxylation is 2. The third-order valence-corrected chi connectivity index (χ3v) is 2.73. The Morgan fingerprint density at radius 1 is 1.38 bits per heavy atom. The smallest absolute Gasteiger partial charge is 0.135 e. The van der Waals surface area contributed by atoms with Gasteiger partial charge in [-0.05, 0) is 30.5 Å². The molecule has 0 amide bonds. The summed E-state index contributed by atoms with van der Waals surface area (Å²) in [4.78, 5) is 11.5. The van der Waals surface area contributed by atoms with Crippen LogP contribution in [0.1, 0.15) is 31.4 Å². The molecule has 0 heterocycles. The van der Waals surface area contributed by atoms with E-state index in [9.17, 15) is 4.79 Å². The molecule has 0 atom stereocenters. The molecule has 0 bridgehead atoms. The zero-order chi connectivity index (χ0) is 12.1. The van der Waals surface area contributed by atoms with E-state index in [1.807, 2.05) is 32.9 Å². The lowest BCUT2D eigenvalue weighted by Crippen LogP contribution is -2.08. The van der Waals surface area contributed by atoms with Crippen LogP contribution in [0.15, 0.2) is 18.2 Å². The minimum absolute atomic E-state index is 0.122. The number of methoxy groups -OCH3 is 1. The van der Waals surface area contributed by atoms with Crippen LogP contribution in [0.4, 0.5) is 0 Å². The minimum Gasteiger partial charge on any atom is -0.496 e. The van der Waals surface area contributed by atoms with Crippen molar-refractivity contribution >= 4 is 5.78 Å². The zero-order valence-corrected chi connectivity index (χ0v) is 10.5. The Balaban J connectivity index is 2.70. The van der Waals surface area contributed by atoms with Crippen molar-refractivity contribution in [1.82, 2.24) is 0 Å². The van der Waals surface area contributed by atoms with Gasteiger partial charge in [0.15, 0.2) is 0 Å². The minimum atomic E-state index is 0.122. The summed E-state index contributed by atoms with van der Waals surface area (Å²) in [6, 6.07) is 6.11. The van der Waals surface area contributed by atoms with Crippen molar-refractivity contribution in [3.63, 3.8) is 0 Å². The van der Waals surface area contributed by atoms with Crippen LogP contribution in [0.3, 0.4) is 0 Å². The van der Waals surface area contributed by atoms with Crippen molar-refractivity contribution in [2.45, 2.75) is 33.6 Å². The first-order valence-electron chi connectivity index (χ1n) is 5.71. The third kappa shape index (κ3) is 3.37. The molecule has 0 aliphatic heterocycles. The molecule has 0 aliphatic carbocycles. The number of Topliss-reactive ketones (excluding diaryl/α,β-unsaturated/α-hetero) is 1. The van der Waals surface area contributed by atoms with Gasteiger partial charge < -0.3 is 4.74 Å². The lowest BCUT2D eigenvalue weighted by Gasteiger charge is -2.09. The van der Waals surface area contributed by atoms with E-state index in [0.717, 1.165) is 17.7 Å². The van der Waals surface area contributed by atoms with Crippen LogP contribution in [0, 0.1) is 12.8 Å². The highest BCUT2D eigenvalue weighted by Crippen LogP contribution is 2.21. The maximum Gasteiger partial charge on any atom is 0.135 e. The highest BCUT2D eigenvalue weighted by molar-refractivity contribution is 5.80. The van der Waals surface area contributed by atoms with Crippen LogP contribution in [0.25, 0.3) is 0 Å². The van der Waals surface area contributed by atoms with Crippen LogP contribution in [0.2, 0.25) is 0 Å². The van der Waals surface area contributed by atoms with Gasteiger partial charge in [-0.3, -0.25) is 4.79 Å². The molecule has 1 rings (SSSR count). The van der Waals surface area contributed by atoms with Gasteiger partial charge in [0.25, 0.3) is 0 Å². The number of ketones is 1. The van der Waals surface area contributed by atoms with Gasteiger partial charge in [0.05, 0.1) is 7.11 Å². The van der Waals surface area contributed by atoms with Crippen LogP contribution in [0.5, 0.6) is 5.75 Å². The molecule has 0 spiro atoms. The van der Waals surface area contributed by atoms with E-state index >= 15 is 0 Å². The van der Waals surface area contributed by atoms with Gasteiger partial charge in [-0.1, -0.05) is 26.0 Å². The second-order valence-corrected chi connectivity index (χ2v) is 4.44. The molecule has 0 aromatic heterocycles. The number of carbonyl (C=O) groups excluding carboxylic acids is 1. The zero-order valence-electron chi connectivity index (χ0n) is 10.5. The van der Waals surface area contributed by atoms with Gasteiger partial charge in [0.2, 0.25) is 0 Å². The number of carbonyl (C=O) groups is 1. The summed E-state index contributed by atoms with van der Waals surface area (Å²) in [7, 11) is 1.67. The van der Waals surface area contributed by atoms with Gasteiger partial charge in [-0.25, -0.2) is 0 Å². The first kappa shape index (κ1) is 12.8. The summed E-state index contributed by atoms with van der Waals surface area (Å²) >= 11 is 0. The SMILES string of the molecule is COc1cc(C)ccc1CCC(=O)C(C)C. The quantitative estimate of drug-likeness (QED) is 0.762. The predicted octanol–water partition coefficient (Wildman–Crippen LogP) is 3.16. The summed E-state index contributed by atoms with van der Waals surface area (Å²) < 4.78 is 5.31. The molecule has 0 saturated heterocycles. The maximum absolute atomic E-state index is 11.5. The van der Waals surface area contributed by atoms with Gasteiger partial charge in [-0.15, -0.1) is 0 Å². The first-order valence-corrected chi connectivity index (χ1v) is 5.71. The molecule has 0 unspecified atom stereocenters. The molecule has 1 aromatic carbocycles. The number of rotatable bonds is 5. The van der Waals surface area contributed by atoms with E-state index in [0.29, 0.717) is 12.2 Å². The average Bonchev–Trinajstić information content (AvgIpc) is 2.26. The van der Waals surface area contributed by atoms with Crippen molar-refractivity contribution in [3.05, 3.63) is 29.3 Å². The fourth-order valence-corrected chi connectivity index (χ4v) is 1.60. The molecular formula is C14H20O2. The van der Waals surface area contributed by atoms with E-state index in [-0.39, 0.29) is 5.92 Å². The summed E-state index contributed by atoms with van der Waals surface area (Å²) in [5.74, 6) is 1.32. The van der Waals surface area contributed by atoms with E-state index in [2.05, 4.69) is 6.07 Å². The number of hydrogen-bond acceptors (Lipinski definition) is 2. The molecule has 1 aromatic rings. The summed E-state index contributed by atoms with van der Waals surface area (Å²) in [5.41, 5.74) is 2.29. The third-order valence-electron chi connectivity index (χ3n) is 2.73. The van der Waals surface area contributed by atoms with E-state index in [4.69, 9.17) is 4.74 Å². The molecule has 88 valence electrons. The van der Waals surface area contributed by atoms with Crippen molar-refractivity contribution in [2.24, 2.45) is 5.92 Å².